The Kier molecular flexibility index (Phi) is 5.73. The number of benzene rings is 2. The van der Waals surface area contributed by atoms with Gasteiger partial charge in [0.2, 0.25) is 5.91 Å². The molecule has 0 atom stereocenters. The zero-order valence-corrected chi connectivity index (χ0v) is 15.4. The molecule has 8 nitrogen and oxygen atoms in total. The molecule has 0 saturated carbocycles. The van der Waals surface area contributed by atoms with Crippen molar-refractivity contribution in [2.24, 2.45) is 0 Å². The van der Waals surface area contributed by atoms with Crippen LogP contribution < -0.4 is 10.3 Å². The molecule has 2 aromatic carbocycles. The molecule has 0 unspecified atom stereocenters. The minimum Gasteiger partial charge on any atom is -0.277 e. The van der Waals surface area contributed by atoms with E-state index in [-0.39, 0.29) is 17.0 Å². The third-order valence-corrected chi connectivity index (χ3v) is 5.19. The zero-order valence-electron chi connectivity index (χ0n) is 14.6. The predicted octanol–water partition coefficient (Wildman–Crippen LogP) is 2.07. The number of nitrogens with one attached hydrogen (secondary N) is 2. The molecule has 0 saturated heterocycles. The summed E-state index contributed by atoms with van der Waals surface area (Å²) in [7, 11) is -4.12. The van der Waals surface area contributed by atoms with Gasteiger partial charge in [0.15, 0.2) is 0 Å². The summed E-state index contributed by atoms with van der Waals surface area (Å²) in [6, 6.07) is 9.05. The molecule has 0 spiro atoms. The van der Waals surface area contributed by atoms with E-state index in [0.29, 0.717) is 5.56 Å². The maximum atomic E-state index is 12.2. The van der Waals surface area contributed by atoms with E-state index in [1.54, 1.807) is 6.07 Å². The lowest BCUT2D eigenvalue weighted by Crippen LogP contribution is -2.42. The van der Waals surface area contributed by atoms with E-state index in [1.807, 2.05) is 30.8 Å². The largest absolute Gasteiger partial charge is 0.277 e. The van der Waals surface area contributed by atoms with Crippen molar-refractivity contribution >= 4 is 21.6 Å². The van der Waals surface area contributed by atoms with Gasteiger partial charge in [-0.2, -0.15) is 0 Å². The van der Waals surface area contributed by atoms with Gasteiger partial charge in [0.05, 0.1) is 16.2 Å². The van der Waals surface area contributed by atoms with Gasteiger partial charge in [-0.3, -0.25) is 20.3 Å². The highest BCUT2D eigenvalue weighted by atomic mass is 32.2. The standard InChI is InChI=1S/C17H19N3O5S/c1-11-4-6-14(8-13(11)3)9-17(21)18-19-26(24,25)15-7-5-12(2)16(10-15)20(22)23/h4-8,10,19H,9H2,1-3H3,(H,18,21). The molecule has 26 heavy (non-hydrogen) atoms. The second-order valence-corrected chi connectivity index (χ2v) is 7.64. The molecule has 2 N–H and O–H groups in total. The molecular formula is C17H19N3O5S. The Morgan fingerprint density at radius 3 is 2.31 bits per heavy atom. The summed E-state index contributed by atoms with van der Waals surface area (Å²) < 4.78 is 24.5. The van der Waals surface area contributed by atoms with Crippen molar-refractivity contribution in [3.8, 4) is 0 Å². The SMILES string of the molecule is Cc1ccc(CC(=O)NNS(=O)(=O)c2ccc(C)c([N+](=O)[O-])c2)cc1C. The van der Waals surface area contributed by atoms with E-state index in [0.717, 1.165) is 22.8 Å². The molecule has 0 bridgehead atoms. The molecule has 138 valence electrons. The number of hydrazine groups is 1. The maximum Gasteiger partial charge on any atom is 0.273 e. The van der Waals surface area contributed by atoms with Crippen LogP contribution in [0.25, 0.3) is 0 Å². The summed E-state index contributed by atoms with van der Waals surface area (Å²) in [6.07, 6.45) is -0.00230. The summed E-state index contributed by atoms with van der Waals surface area (Å²) in [4.78, 5) is 23.9. The lowest BCUT2D eigenvalue weighted by atomic mass is 10.0. The first-order valence-electron chi connectivity index (χ1n) is 7.72. The van der Waals surface area contributed by atoms with E-state index in [4.69, 9.17) is 0 Å². The van der Waals surface area contributed by atoms with Crippen LogP contribution in [0.4, 0.5) is 5.69 Å². The molecule has 0 aliphatic rings. The van der Waals surface area contributed by atoms with Crippen molar-refractivity contribution in [2.45, 2.75) is 32.1 Å². The Hall–Kier alpha value is -2.78. The van der Waals surface area contributed by atoms with Crippen LogP contribution in [0.1, 0.15) is 22.3 Å². The van der Waals surface area contributed by atoms with Crippen molar-refractivity contribution in [2.75, 3.05) is 0 Å². The van der Waals surface area contributed by atoms with Crippen LogP contribution in [0.15, 0.2) is 41.3 Å². The normalized spacial score (nSPS) is 11.2. The molecular weight excluding hydrogens is 358 g/mol. The smallest absolute Gasteiger partial charge is 0.273 e. The van der Waals surface area contributed by atoms with E-state index < -0.39 is 20.9 Å². The number of nitro groups is 1. The fourth-order valence-electron chi connectivity index (χ4n) is 2.28. The third kappa shape index (κ3) is 4.64. The second kappa shape index (κ2) is 7.63. The Morgan fingerprint density at radius 1 is 1.04 bits per heavy atom. The number of rotatable bonds is 6. The van der Waals surface area contributed by atoms with E-state index in [1.165, 1.54) is 19.1 Å². The van der Waals surface area contributed by atoms with E-state index >= 15 is 0 Å². The molecule has 0 radical (unpaired) electrons. The average molecular weight is 377 g/mol. The monoisotopic (exact) mass is 377 g/mol. The Balaban J connectivity index is 2.07. The fraction of sp³-hybridized carbons (Fsp3) is 0.235. The topological polar surface area (TPSA) is 118 Å². The Bertz CT molecular complexity index is 970. The molecule has 1 amide bonds. The number of carbonyl (C=O) groups is 1. The first-order chi connectivity index (χ1) is 12.1. The van der Waals surface area contributed by atoms with Crippen molar-refractivity contribution < 1.29 is 18.1 Å². The summed E-state index contributed by atoms with van der Waals surface area (Å²) >= 11 is 0. The molecule has 0 fully saturated rings. The van der Waals surface area contributed by atoms with Crippen LogP contribution in [-0.4, -0.2) is 19.2 Å². The maximum absolute atomic E-state index is 12.2. The number of carbonyl (C=O) groups excluding carboxylic acids is 1. The van der Waals surface area contributed by atoms with Gasteiger partial charge in [-0.25, -0.2) is 8.42 Å². The molecule has 0 aromatic heterocycles. The number of hydrogen-bond acceptors (Lipinski definition) is 5. The quantitative estimate of drug-likeness (QED) is 0.590. The van der Waals surface area contributed by atoms with Gasteiger partial charge < -0.3 is 0 Å². The highest BCUT2D eigenvalue weighted by molar-refractivity contribution is 7.89. The minimum atomic E-state index is -4.12. The van der Waals surface area contributed by atoms with E-state index in [9.17, 15) is 23.3 Å². The Labute approximate surface area is 151 Å². The molecule has 0 aliphatic heterocycles. The number of amides is 1. The fourth-order valence-corrected chi connectivity index (χ4v) is 3.16. The highest BCUT2D eigenvalue weighted by Gasteiger charge is 2.20. The van der Waals surface area contributed by atoms with Crippen molar-refractivity contribution in [3.05, 3.63) is 68.8 Å². The van der Waals surface area contributed by atoms with Crippen molar-refractivity contribution in [3.63, 3.8) is 0 Å². The van der Waals surface area contributed by atoms with Crippen LogP contribution in [0.5, 0.6) is 0 Å². The van der Waals surface area contributed by atoms with Gasteiger partial charge in [-0.05, 0) is 43.5 Å². The van der Waals surface area contributed by atoms with Crippen LogP contribution in [0, 0.1) is 30.9 Å². The third-order valence-electron chi connectivity index (χ3n) is 3.95. The first kappa shape index (κ1) is 19.5. The van der Waals surface area contributed by atoms with Gasteiger partial charge >= 0.3 is 0 Å². The van der Waals surface area contributed by atoms with Crippen LogP contribution >= 0.6 is 0 Å². The molecule has 0 aliphatic carbocycles. The summed E-state index contributed by atoms with van der Waals surface area (Å²) in [5, 5.41) is 10.9. The van der Waals surface area contributed by atoms with Gasteiger partial charge in [-0.1, -0.05) is 24.3 Å². The second-order valence-electron chi connectivity index (χ2n) is 5.95. The van der Waals surface area contributed by atoms with Gasteiger partial charge in [0.1, 0.15) is 0 Å². The number of aryl methyl sites for hydroxylation is 3. The van der Waals surface area contributed by atoms with Crippen molar-refractivity contribution in [1.82, 2.24) is 10.3 Å². The van der Waals surface area contributed by atoms with E-state index in [2.05, 4.69) is 5.43 Å². The molecule has 0 heterocycles. The number of nitro benzene ring substituents is 1. The van der Waals surface area contributed by atoms with Crippen LogP contribution in [-0.2, 0) is 21.2 Å². The van der Waals surface area contributed by atoms with Gasteiger partial charge in [-0.15, -0.1) is 4.83 Å². The Morgan fingerprint density at radius 2 is 1.69 bits per heavy atom. The molecule has 9 heteroatoms. The minimum absolute atomic E-state index is 0.00230. The number of hydrogen-bond donors (Lipinski definition) is 2. The number of sulfonamides is 1. The zero-order chi connectivity index (χ0) is 19.5. The van der Waals surface area contributed by atoms with Crippen molar-refractivity contribution in [1.29, 1.82) is 0 Å². The predicted molar refractivity (Wildman–Crippen MR) is 95.9 cm³/mol. The lowest BCUT2D eigenvalue weighted by molar-refractivity contribution is -0.385. The molecule has 2 rings (SSSR count). The van der Waals surface area contributed by atoms with Crippen LogP contribution in [0.2, 0.25) is 0 Å². The van der Waals surface area contributed by atoms with Crippen LogP contribution in [0.3, 0.4) is 0 Å². The number of nitrogens with zero attached hydrogens (tertiary/aromatic N) is 1. The summed E-state index contributed by atoms with van der Waals surface area (Å²) in [6.45, 7) is 5.38. The average Bonchev–Trinajstić information content (AvgIpc) is 2.56. The first-order valence-corrected chi connectivity index (χ1v) is 9.20. The lowest BCUT2D eigenvalue weighted by Gasteiger charge is -2.10. The molecule has 2 aromatic rings. The summed E-state index contributed by atoms with van der Waals surface area (Å²) in [5.41, 5.74) is 5.02. The highest BCUT2D eigenvalue weighted by Crippen LogP contribution is 2.21. The summed E-state index contributed by atoms with van der Waals surface area (Å²) in [5.74, 6) is -0.543. The van der Waals surface area contributed by atoms with Gasteiger partial charge in [0, 0.05) is 11.6 Å². The van der Waals surface area contributed by atoms with Gasteiger partial charge in [0.25, 0.3) is 15.7 Å².